The fraction of sp³-hybridized carbons (Fsp3) is 0.909. The Morgan fingerprint density at radius 3 is 2.28 bits per heavy atom. The molecular weight excluding hydrogens is 249 g/mol. The van der Waals surface area contributed by atoms with Gasteiger partial charge < -0.3 is 15.4 Å². The molecule has 1 rings (SSSR count). The summed E-state index contributed by atoms with van der Waals surface area (Å²) in [5.74, 6) is 0. The predicted octanol–water partition coefficient (Wildman–Crippen LogP) is 2.19. The van der Waals surface area contributed by atoms with Gasteiger partial charge in [-0.2, -0.15) is 13.2 Å². The Balaban J connectivity index is 2.34. The van der Waals surface area contributed by atoms with Crippen molar-refractivity contribution in [2.45, 2.75) is 57.5 Å². The van der Waals surface area contributed by atoms with Crippen LogP contribution < -0.4 is 10.6 Å². The van der Waals surface area contributed by atoms with Crippen molar-refractivity contribution in [3.63, 3.8) is 0 Å². The molecule has 1 aliphatic rings. The molecule has 0 spiro atoms. The summed E-state index contributed by atoms with van der Waals surface area (Å²) in [5.41, 5.74) is -0.610. The van der Waals surface area contributed by atoms with Gasteiger partial charge in [0.1, 0.15) is 11.6 Å². The second-order valence-electron chi connectivity index (χ2n) is 5.42. The number of amides is 1. The molecular formula is C11H19F3N2O2. The number of nitrogens with one attached hydrogen (secondary N) is 2. The lowest BCUT2D eigenvalue weighted by molar-refractivity contribution is -0.160. The number of carbonyl (C=O) groups excluding carboxylic acids is 1. The van der Waals surface area contributed by atoms with Crippen LogP contribution in [0.1, 0.15) is 33.6 Å². The maximum Gasteiger partial charge on any atom is 0.407 e. The van der Waals surface area contributed by atoms with E-state index in [2.05, 4.69) is 10.6 Å². The Morgan fingerprint density at radius 1 is 1.28 bits per heavy atom. The zero-order valence-corrected chi connectivity index (χ0v) is 10.7. The molecule has 106 valence electrons. The highest BCUT2D eigenvalue weighted by molar-refractivity contribution is 5.68. The highest BCUT2D eigenvalue weighted by Crippen LogP contribution is 2.26. The van der Waals surface area contributed by atoms with Crippen molar-refractivity contribution in [2.75, 3.05) is 6.54 Å². The summed E-state index contributed by atoms with van der Waals surface area (Å²) < 4.78 is 42.2. The van der Waals surface area contributed by atoms with Crippen LogP contribution in [-0.2, 0) is 4.74 Å². The van der Waals surface area contributed by atoms with Crippen LogP contribution in [0.3, 0.4) is 0 Å². The molecule has 4 nitrogen and oxygen atoms in total. The van der Waals surface area contributed by atoms with E-state index in [1.54, 1.807) is 20.8 Å². The molecule has 2 N–H and O–H groups in total. The number of rotatable bonds is 1. The van der Waals surface area contributed by atoms with Crippen LogP contribution in [0.2, 0.25) is 0 Å². The van der Waals surface area contributed by atoms with E-state index in [0.717, 1.165) is 0 Å². The normalized spacial score (nSPS) is 25.7. The van der Waals surface area contributed by atoms with Gasteiger partial charge in [-0.25, -0.2) is 4.79 Å². The summed E-state index contributed by atoms with van der Waals surface area (Å²) in [6, 6.07) is -1.80. The number of piperidine rings is 1. The summed E-state index contributed by atoms with van der Waals surface area (Å²) in [5, 5.41) is 4.94. The van der Waals surface area contributed by atoms with E-state index in [1.807, 2.05) is 0 Å². The molecule has 1 saturated heterocycles. The third kappa shape index (κ3) is 5.12. The maximum atomic E-state index is 12.4. The van der Waals surface area contributed by atoms with Crippen molar-refractivity contribution in [1.82, 2.24) is 10.6 Å². The lowest BCUT2D eigenvalue weighted by atomic mass is 10.0. The minimum Gasteiger partial charge on any atom is -0.444 e. The van der Waals surface area contributed by atoms with Crippen LogP contribution in [0.5, 0.6) is 0 Å². The Morgan fingerprint density at radius 2 is 1.89 bits per heavy atom. The number of alkyl halides is 3. The van der Waals surface area contributed by atoms with Crippen LogP contribution in [0, 0.1) is 0 Å². The third-order valence-electron chi connectivity index (χ3n) is 2.53. The van der Waals surface area contributed by atoms with E-state index in [-0.39, 0.29) is 25.4 Å². The molecule has 18 heavy (non-hydrogen) atoms. The standard InChI is InChI=1S/C11H19F3N2O2/c1-10(2,3)18-9(17)16-7-4-5-8(15-6-7)11(12,13)14/h7-8,15H,4-6H2,1-3H3,(H,16,17)/t7-,8+/m0/s1. The first-order chi connectivity index (χ1) is 8.08. The van der Waals surface area contributed by atoms with Gasteiger partial charge in [-0.3, -0.25) is 0 Å². The van der Waals surface area contributed by atoms with Gasteiger partial charge in [0.05, 0.1) is 0 Å². The molecule has 0 saturated carbocycles. The summed E-state index contributed by atoms with van der Waals surface area (Å²) in [4.78, 5) is 11.4. The average molecular weight is 268 g/mol. The molecule has 1 heterocycles. The molecule has 1 fully saturated rings. The Kier molecular flexibility index (Phi) is 4.47. The van der Waals surface area contributed by atoms with Gasteiger partial charge in [0.25, 0.3) is 0 Å². The summed E-state index contributed by atoms with van der Waals surface area (Å²) in [6.45, 7) is 5.28. The van der Waals surface area contributed by atoms with Crippen molar-refractivity contribution < 1.29 is 22.7 Å². The molecule has 0 radical (unpaired) electrons. The van der Waals surface area contributed by atoms with Crippen LogP contribution in [0.15, 0.2) is 0 Å². The quantitative estimate of drug-likeness (QED) is 0.766. The van der Waals surface area contributed by atoms with Crippen LogP contribution in [0.25, 0.3) is 0 Å². The van der Waals surface area contributed by atoms with Crippen molar-refractivity contribution in [1.29, 1.82) is 0 Å². The topological polar surface area (TPSA) is 50.4 Å². The molecule has 0 aromatic rings. The minimum atomic E-state index is -4.23. The minimum absolute atomic E-state index is 0.0377. The Bertz CT molecular complexity index is 292. The zero-order valence-electron chi connectivity index (χ0n) is 10.7. The fourth-order valence-electron chi connectivity index (χ4n) is 1.73. The third-order valence-corrected chi connectivity index (χ3v) is 2.53. The summed E-state index contributed by atoms with van der Waals surface area (Å²) >= 11 is 0. The molecule has 1 aliphatic heterocycles. The lowest BCUT2D eigenvalue weighted by Crippen LogP contribution is -2.54. The van der Waals surface area contributed by atoms with E-state index in [1.165, 1.54) is 0 Å². The highest BCUT2D eigenvalue weighted by atomic mass is 19.4. The molecule has 7 heteroatoms. The largest absolute Gasteiger partial charge is 0.444 e. The van der Waals surface area contributed by atoms with E-state index in [4.69, 9.17) is 4.74 Å². The number of halogens is 3. The van der Waals surface area contributed by atoms with Gasteiger partial charge in [-0.05, 0) is 33.6 Å². The van der Waals surface area contributed by atoms with E-state index >= 15 is 0 Å². The van der Waals surface area contributed by atoms with Crippen LogP contribution in [0.4, 0.5) is 18.0 Å². The Labute approximate surface area is 104 Å². The number of ether oxygens (including phenoxy) is 1. The average Bonchev–Trinajstić information content (AvgIpc) is 2.13. The molecule has 0 bridgehead atoms. The van der Waals surface area contributed by atoms with Crippen LogP contribution >= 0.6 is 0 Å². The van der Waals surface area contributed by atoms with Crippen molar-refractivity contribution >= 4 is 6.09 Å². The van der Waals surface area contributed by atoms with Crippen molar-refractivity contribution in [3.8, 4) is 0 Å². The van der Waals surface area contributed by atoms with Crippen molar-refractivity contribution in [2.24, 2.45) is 0 Å². The highest BCUT2D eigenvalue weighted by Gasteiger charge is 2.41. The molecule has 1 amide bonds. The second-order valence-corrected chi connectivity index (χ2v) is 5.42. The van der Waals surface area contributed by atoms with E-state index < -0.39 is 23.9 Å². The number of hydrogen-bond acceptors (Lipinski definition) is 3. The fourth-order valence-corrected chi connectivity index (χ4v) is 1.73. The predicted molar refractivity (Wildman–Crippen MR) is 60.2 cm³/mol. The molecule has 0 aromatic heterocycles. The van der Waals surface area contributed by atoms with Gasteiger partial charge in [-0.1, -0.05) is 0 Å². The van der Waals surface area contributed by atoms with E-state index in [0.29, 0.717) is 0 Å². The SMILES string of the molecule is CC(C)(C)OC(=O)N[C@H]1CC[C@H](C(F)(F)F)NC1. The van der Waals surface area contributed by atoms with Crippen LogP contribution in [-0.4, -0.2) is 36.5 Å². The number of hydrogen-bond donors (Lipinski definition) is 2. The van der Waals surface area contributed by atoms with Gasteiger partial charge >= 0.3 is 12.3 Å². The first-order valence-electron chi connectivity index (χ1n) is 5.87. The molecule has 2 atom stereocenters. The summed E-state index contributed by atoms with van der Waals surface area (Å²) in [7, 11) is 0. The first kappa shape index (κ1) is 15.1. The summed E-state index contributed by atoms with van der Waals surface area (Å²) in [6.07, 6.45) is -4.57. The molecule has 0 aromatic carbocycles. The zero-order chi connectivity index (χ0) is 14.0. The van der Waals surface area contributed by atoms with Gasteiger partial charge in [0, 0.05) is 12.6 Å². The molecule has 0 aliphatic carbocycles. The van der Waals surface area contributed by atoms with Gasteiger partial charge in [0.2, 0.25) is 0 Å². The number of alkyl carbamates (subject to hydrolysis) is 1. The lowest BCUT2D eigenvalue weighted by Gasteiger charge is -2.32. The van der Waals surface area contributed by atoms with Gasteiger partial charge in [-0.15, -0.1) is 0 Å². The second kappa shape index (κ2) is 5.34. The van der Waals surface area contributed by atoms with E-state index in [9.17, 15) is 18.0 Å². The smallest absolute Gasteiger partial charge is 0.407 e. The Hall–Kier alpha value is -0.980. The molecule has 0 unspecified atom stereocenters. The van der Waals surface area contributed by atoms with Crippen molar-refractivity contribution in [3.05, 3.63) is 0 Å². The maximum absolute atomic E-state index is 12.4. The first-order valence-corrected chi connectivity index (χ1v) is 5.87. The monoisotopic (exact) mass is 268 g/mol. The van der Waals surface area contributed by atoms with Gasteiger partial charge in [0.15, 0.2) is 0 Å². The number of carbonyl (C=O) groups is 1.